The van der Waals surface area contributed by atoms with Crippen molar-refractivity contribution in [3.05, 3.63) is 58.1 Å². The third kappa shape index (κ3) is 4.35. The van der Waals surface area contributed by atoms with Gasteiger partial charge in [-0.3, -0.25) is 4.79 Å². The van der Waals surface area contributed by atoms with E-state index in [0.717, 1.165) is 4.47 Å². The summed E-state index contributed by atoms with van der Waals surface area (Å²) in [4.78, 5) is 24.0. The van der Waals surface area contributed by atoms with Gasteiger partial charge in [-0.25, -0.2) is 4.79 Å². The maximum absolute atomic E-state index is 12.3. The molecule has 0 saturated heterocycles. The van der Waals surface area contributed by atoms with Crippen LogP contribution in [0.4, 0.5) is 5.69 Å². The highest BCUT2D eigenvalue weighted by molar-refractivity contribution is 9.10. The Morgan fingerprint density at radius 2 is 1.79 bits per heavy atom. The molecule has 0 saturated carbocycles. The van der Waals surface area contributed by atoms with Crippen LogP contribution in [0.5, 0.6) is 5.75 Å². The summed E-state index contributed by atoms with van der Waals surface area (Å²) in [5.41, 5.74) is 1.61. The third-order valence-electron chi connectivity index (χ3n) is 3.49. The van der Waals surface area contributed by atoms with Crippen LogP contribution in [-0.4, -0.2) is 25.1 Å². The Morgan fingerprint density at radius 3 is 2.42 bits per heavy atom. The SMILES string of the molecule is COC(=O)c1cccc(NC(=O)C(C)Oc2ccc(Br)cc2)c1C. The van der Waals surface area contributed by atoms with Crippen molar-refractivity contribution in [1.82, 2.24) is 0 Å². The summed E-state index contributed by atoms with van der Waals surface area (Å²) in [7, 11) is 1.32. The van der Waals surface area contributed by atoms with Gasteiger partial charge < -0.3 is 14.8 Å². The number of anilines is 1. The van der Waals surface area contributed by atoms with E-state index >= 15 is 0 Å². The molecule has 0 aliphatic carbocycles. The molecule has 6 heteroatoms. The normalized spacial score (nSPS) is 11.5. The first-order valence-corrected chi connectivity index (χ1v) is 8.12. The number of halogens is 1. The molecular weight excluding hydrogens is 374 g/mol. The average molecular weight is 392 g/mol. The van der Waals surface area contributed by atoms with Crippen molar-refractivity contribution in [2.24, 2.45) is 0 Å². The molecule has 1 atom stereocenters. The molecule has 0 aliphatic rings. The number of ether oxygens (including phenoxy) is 2. The van der Waals surface area contributed by atoms with Crippen molar-refractivity contribution in [2.75, 3.05) is 12.4 Å². The number of methoxy groups -OCH3 is 1. The lowest BCUT2D eigenvalue weighted by Crippen LogP contribution is -2.30. The minimum Gasteiger partial charge on any atom is -0.481 e. The lowest BCUT2D eigenvalue weighted by molar-refractivity contribution is -0.122. The van der Waals surface area contributed by atoms with Crippen LogP contribution in [0, 0.1) is 6.92 Å². The minimum atomic E-state index is -0.688. The molecule has 0 aliphatic heterocycles. The van der Waals surface area contributed by atoms with Gasteiger partial charge in [0.15, 0.2) is 6.10 Å². The second kappa shape index (κ2) is 7.97. The predicted octanol–water partition coefficient (Wildman–Crippen LogP) is 3.95. The first-order valence-electron chi connectivity index (χ1n) is 7.33. The number of hydrogen-bond donors (Lipinski definition) is 1. The van der Waals surface area contributed by atoms with E-state index in [1.165, 1.54) is 7.11 Å². The maximum Gasteiger partial charge on any atom is 0.338 e. The topological polar surface area (TPSA) is 64.6 Å². The molecular formula is C18H18BrNO4. The molecule has 2 aromatic carbocycles. The molecule has 2 rings (SSSR count). The van der Waals surface area contributed by atoms with E-state index in [9.17, 15) is 9.59 Å². The van der Waals surface area contributed by atoms with E-state index in [0.29, 0.717) is 22.6 Å². The van der Waals surface area contributed by atoms with Gasteiger partial charge in [-0.2, -0.15) is 0 Å². The van der Waals surface area contributed by atoms with Crippen molar-refractivity contribution in [3.8, 4) is 5.75 Å². The van der Waals surface area contributed by atoms with E-state index in [-0.39, 0.29) is 5.91 Å². The highest BCUT2D eigenvalue weighted by atomic mass is 79.9. The number of benzene rings is 2. The van der Waals surface area contributed by atoms with Crippen molar-refractivity contribution in [2.45, 2.75) is 20.0 Å². The molecule has 126 valence electrons. The Balaban J connectivity index is 2.08. The summed E-state index contributed by atoms with van der Waals surface area (Å²) >= 11 is 3.34. The molecule has 2 aromatic rings. The van der Waals surface area contributed by atoms with Crippen LogP contribution in [0.3, 0.4) is 0 Å². The fraction of sp³-hybridized carbons (Fsp3) is 0.222. The fourth-order valence-corrected chi connectivity index (χ4v) is 2.37. The van der Waals surface area contributed by atoms with Gasteiger partial charge in [0, 0.05) is 10.2 Å². The van der Waals surface area contributed by atoms with Gasteiger partial charge in [0.25, 0.3) is 5.91 Å². The Hall–Kier alpha value is -2.34. The molecule has 1 unspecified atom stereocenters. The Kier molecular flexibility index (Phi) is 5.98. The number of rotatable bonds is 5. The number of nitrogens with one attached hydrogen (secondary N) is 1. The standard InChI is InChI=1S/C18H18BrNO4/c1-11-15(18(22)23-3)5-4-6-16(11)20-17(21)12(2)24-14-9-7-13(19)8-10-14/h4-10,12H,1-3H3,(H,20,21). The molecule has 24 heavy (non-hydrogen) atoms. The highest BCUT2D eigenvalue weighted by Gasteiger charge is 2.18. The fourth-order valence-electron chi connectivity index (χ4n) is 2.11. The lowest BCUT2D eigenvalue weighted by Gasteiger charge is -2.16. The van der Waals surface area contributed by atoms with E-state index in [4.69, 9.17) is 9.47 Å². The number of amides is 1. The minimum absolute atomic E-state index is 0.303. The molecule has 5 nitrogen and oxygen atoms in total. The van der Waals surface area contributed by atoms with Crippen molar-refractivity contribution in [1.29, 1.82) is 0 Å². The zero-order chi connectivity index (χ0) is 17.7. The van der Waals surface area contributed by atoms with E-state index in [1.54, 1.807) is 44.2 Å². The smallest absolute Gasteiger partial charge is 0.338 e. The molecule has 0 heterocycles. The quantitative estimate of drug-likeness (QED) is 0.783. The first kappa shape index (κ1) is 18.0. The average Bonchev–Trinajstić information content (AvgIpc) is 2.58. The zero-order valence-electron chi connectivity index (χ0n) is 13.6. The summed E-state index contributed by atoms with van der Waals surface area (Å²) in [6.07, 6.45) is -0.688. The Bertz CT molecular complexity index is 743. The number of hydrogen-bond acceptors (Lipinski definition) is 4. The zero-order valence-corrected chi connectivity index (χ0v) is 15.2. The third-order valence-corrected chi connectivity index (χ3v) is 4.02. The summed E-state index contributed by atoms with van der Waals surface area (Å²) in [6.45, 7) is 3.42. The van der Waals surface area contributed by atoms with Gasteiger partial charge in [0.1, 0.15) is 5.75 Å². The van der Waals surface area contributed by atoms with Crippen molar-refractivity contribution < 1.29 is 19.1 Å². The highest BCUT2D eigenvalue weighted by Crippen LogP contribution is 2.21. The van der Waals surface area contributed by atoms with Crippen LogP contribution < -0.4 is 10.1 Å². The summed E-state index contributed by atoms with van der Waals surface area (Å²) in [6, 6.07) is 12.3. The molecule has 0 spiro atoms. The molecule has 0 fully saturated rings. The second-order valence-corrected chi connectivity index (χ2v) is 6.09. The molecule has 1 N–H and O–H groups in total. The van der Waals surface area contributed by atoms with Crippen molar-refractivity contribution in [3.63, 3.8) is 0 Å². The number of carbonyl (C=O) groups is 2. The lowest BCUT2D eigenvalue weighted by atomic mass is 10.1. The van der Waals surface area contributed by atoms with Crippen molar-refractivity contribution >= 4 is 33.5 Å². The number of esters is 1. The van der Waals surface area contributed by atoms with Crippen LogP contribution in [0.1, 0.15) is 22.8 Å². The summed E-state index contributed by atoms with van der Waals surface area (Å²) < 4.78 is 11.3. The van der Waals surface area contributed by atoms with E-state index < -0.39 is 12.1 Å². The van der Waals surface area contributed by atoms with E-state index in [1.807, 2.05) is 12.1 Å². The van der Waals surface area contributed by atoms with Crippen LogP contribution in [0.15, 0.2) is 46.9 Å². The predicted molar refractivity (Wildman–Crippen MR) is 95.4 cm³/mol. The maximum atomic E-state index is 12.3. The van der Waals surface area contributed by atoms with Gasteiger partial charge in [0.2, 0.25) is 0 Å². The van der Waals surface area contributed by atoms with Crippen LogP contribution in [0.2, 0.25) is 0 Å². The van der Waals surface area contributed by atoms with Gasteiger partial charge in [-0.15, -0.1) is 0 Å². The molecule has 0 bridgehead atoms. The van der Waals surface area contributed by atoms with Gasteiger partial charge >= 0.3 is 5.97 Å². The molecule has 0 radical (unpaired) electrons. The van der Waals surface area contributed by atoms with Gasteiger partial charge in [0.05, 0.1) is 12.7 Å². The molecule has 1 amide bonds. The monoisotopic (exact) mass is 391 g/mol. The van der Waals surface area contributed by atoms with Crippen LogP contribution in [-0.2, 0) is 9.53 Å². The van der Waals surface area contributed by atoms with Crippen LogP contribution in [0.25, 0.3) is 0 Å². The van der Waals surface area contributed by atoms with Gasteiger partial charge in [-0.1, -0.05) is 22.0 Å². The Labute approximate surface area is 149 Å². The second-order valence-electron chi connectivity index (χ2n) is 5.17. The first-order chi connectivity index (χ1) is 11.4. The summed E-state index contributed by atoms with van der Waals surface area (Å²) in [5.74, 6) is -0.147. The summed E-state index contributed by atoms with van der Waals surface area (Å²) in [5, 5.41) is 2.78. The van der Waals surface area contributed by atoms with E-state index in [2.05, 4.69) is 21.2 Å². The number of carbonyl (C=O) groups excluding carboxylic acids is 2. The Morgan fingerprint density at radius 1 is 1.12 bits per heavy atom. The largest absolute Gasteiger partial charge is 0.481 e. The van der Waals surface area contributed by atoms with Crippen LogP contribution >= 0.6 is 15.9 Å². The van der Waals surface area contributed by atoms with Gasteiger partial charge in [-0.05, 0) is 55.8 Å². The molecule has 0 aromatic heterocycles.